The molecule has 2 aromatic rings. The number of aromatic nitrogens is 1. The molecule has 1 aromatic heterocycles. The molecule has 0 saturated carbocycles. The number of aromatic amines is 1. The molecule has 0 spiro atoms. The van der Waals surface area contributed by atoms with E-state index in [4.69, 9.17) is 0 Å². The van der Waals surface area contributed by atoms with Crippen LogP contribution in [0.4, 0.5) is 18.9 Å². The van der Waals surface area contributed by atoms with Crippen molar-refractivity contribution in [2.45, 2.75) is 39.1 Å². The molecule has 1 heterocycles. The standard InChI is InChI=1S/C16H19F3N2O2/c1-4-21(9(2)10(3)22)11-5-6-14-12(7-11)13(16(17,18)19)8-15(23)20-14/h5-10,22H,4H2,1-3H3,(H,20,23). The van der Waals surface area contributed by atoms with Gasteiger partial charge in [0.05, 0.1) is 17.7 Å². The third-order valence-electron chi connectivity index (χ3n) is 3.99. The maximum Gasteiger partial charge on any atom is 0.417 e. The Labute approximate surface area is 131 Å². The molecule has 0 saturated heterocycles. The summed E-state index contributed by atoms with van der Waals surface area (Å²) >= 11 is 0. The van der Waals surface area contributed by atoms with E-state index in [1.165, 1.54) is 12.1 Å². The van der Waals surface area contributed by atoms with Gasteiger partial charge in [-0.2, -0.15) is 13.2 Å². The van der Waals surface area contributed by atoms with Crippen molar-refractivity contribution in [1.82, 2.24) is 4.98 Å². The normalized spacial score (nSPS) is 14.7. The molecule has 1 aromatic carbocycles. The topological polar surface area (TPSA) is 56.3 Å². The number of aliphatic hydroxyl groups is 1. The van der Waals surface area contributed by atoms with Crippen LogP contribution in [0, 0.1) is 0 Å². The molecule has 0 amide bonds. The predicted molar refractivity (Wildman–Crippen MR) is 83.7 cm³/mol. The van der Waals surface area contributed by atoms with E-state index in [0.29, 0.717) is 18.3 Å². The predicted octanol–water partition coefficient (Wildman–Crippen LogP) is 3.14. The van der Waals surface area contributed by atoms with Gasteiger partial charge in [0, 0.05) is 29.2 Å². The highest BCUT2D eigenvalue weighted by atomic mass is 19.4. The summed E-state index contributed by atoms with van der Waals surface area (Å²) in [4.78, 5) is 15.7. The summed E-state index contributed by atoms with van der Waals surface area (Å²) in [6.45, 7) is 5.83. The Kier molecular flexibility index (Phi) is 4.70. The van der Waals surface area contributed by atoms with Crippen molar-refractivity contribution in [2.75, 3.05) is 11.4 Å². The number of pyridine rings is 1. The molecule has 4 nitrogen and oxygen atoms in total. The number of halogens is 3. The molecule has 0 bridgehead atoms. The lowest BCUT2D eigenvalue weighted by Gasteiger charge is -2.32. The number of fused-ring (bicyclic) bond motifs is 1. The number of anilines is 1. The van der Waals surface area contributed by atoms with Gasteiger partial charge in [0.1, 0.15) is 0 Å². The SMILES string of the molecule is CCN(c1ccc2[nH]c(=O)cc(C(F)(F)F)c2c1)C(C)C(C)O. The minimum Gasteiger partial charge on any atom is -0.391 e. The summed E-state index contributed by atoms with van der Waals surface area (Å²) in [5.41, 5.74) is -1.05. The van der Waals surface area contributed by atoms with Gasteiger partial charge in [0.25, 0.3) is 0 Å². The average molecular weight is 328 g/mol. The van der Waals surface area contributed by atoms with Gasteiger partial charge >= 0.3 is 6.18 Å². The Hall–Kier alpha value is -2.02. The minimum atomic E-state index is -4.61. The number of nitrogens with zero attached hydrogens (tertiary/aromatic N) is 1. The van der Waals surface area contributed by atoms with Crippen LogP contribution in [0.1, 0.15) is 26.3 Å². The lowest BCUT2D eigenvalue weighted by Crippen LogP contribution is -2.40. The molecule has 23 heavy (non-hydrogen) atoms. The van der Waals surface area contributed by atoms with Crippen LogP contribution in [0.15, 0.2) is 29.1 Å². The number of alkyl halides is 3. The fourth-order valence-corrected chi connectivity index (χ4v) is 2.62. The number of benzene rings is 1. The Morgan fingerprint density at radius 3 is 2.43 bits per heavy atom. The van der Waals surface area contributed by atoms with Crippen molar-refractivity contribution in [2.24, 2.45) is 0 Å². The van der Waals surface area contributed by atoms with Gasteiger partial charge in [-0.1, -0.05) is 0 Å². The first-order chi connectivity index (χ1) is 10.6. The number of likely N-dealkylation sites (N-methyl/N-ethyl adjacent to an activating group) is 1. The second-order valence-electron chi connectivity index (χ2n) is 5.54. The highest BCUT2D eigenvalue weighted by molar-refractivity contribution is 5.86. The van der Waals surface area contributed by atoms with Gasteiger partial charge in [-0.25, -0.2) is 0 Å². The van der Waals surface area contributed by atoms with Crippen molar-refractivity contribution in [1.29, 1.82) is 0 Å². The molecule has 0 radical (unpaired) electrons. The van der Waals surface area contributed by atoms with E-state index in [-0.39, 0.29) is 16.9 Å². The second-order valence-corrected chi connectivity index (χ2v) is 5.54. The zero-order valence-corrected chi connectivity index (χ0v) is 13.1. The Morgan fingerprint density at radius 2 is 1.91 bits per heavy atom. The molecule has 2 atom stereocenters. The van der Waals surface area contributed by atoms with E-state index >= 15 is 0 Å². The molecule has 0 aliphatic carbocycles. The summed E-state index contributed by atoms with van der Waals surface area (Å²) in [5.74, 6) is 0. The third-order valence-corrected chi connectivity index (χ3v) is 3.99. The number of H-pyrrole nitrogens is 1. The van der Waals surface area contributed by atoms with Crippen LogP contribution in [0.2, 0.25) is 0 Å². The summed E-state index contributed by atoms with van der Waals surface area (Å²) in [6, 6.07) is 4.81. The summed E-state index contributed by atoms with van der Waals surface area (Å²) < 4.78 is 39.6. The van der Waals surface area contributed by atoms with Crippen LogP contribution >= 0.6 is 0 Å². The fourth-order valence-electron chi connectivity index (χ4n) is 2.62. The van der Waals surface area contributed by atoms with Gasteiger partial charge in [-0.15, -0.1) is 0 Å². The molecule has 0 aliphatic heterocycles. The van der Waals surface area contributed by atoms with Crippen molar-refractivity contribution in [3.8, 4) is 0 Å². The molecule has 2 unspecified atom stereocenters. The monoisotopic (exact) mass is 328 g/mol. The molecular weight excluding hydrogens is 309 g/mol. The fraction of sp³-hybridized carbons (Fsp3) is 0.438. The lowest BCUT2D eigenvalue weighted by atomic mass is 10.1. The molecule has 2 rings (SSSR count). The maximum absolute atomic E-state index is 13.2. The first-order valence-corrected chi connectivity index (χ1v) is 7.34. The first-order valence-electron chi connectivity index (χ1n) is 7.34. The smallest absolute Gasteiger partial charge is 0.391 e. The molecule has 126 valence electrons. The van der Waals surface area contributed by atoms with Crippen LogP contribution in [-0.2, 0) is 6.18 Å². The summed E-state index contributed by atoms with van der Waals surface area (Å²) in [5, 5.41) is 9.68. The molecule has 0 fully saturated rings. The number of hydrogen-bond acceptors (Lipinski definition) is 3. The largest absolute Gasteiger partial charge is 0.417 e. The quantitative estimate of drug-likeness (QED) is 0.906. The number of aliphatic hydroxyl groups excluding tert-OH is 1. The zero-order chi connectivity index (χ0) is 17.4. The van der Waals surface area contributed by atoms with Crippen molar-refractivity contribution < 1.29 is 18.3 Å². The molecule has 7 heteroatoms. The number of nitrogens with one attached hydrogen (secondary N) is 1. The van der Waals surface area contributed by atoms with Gasteiger partial charge in [0.2, 0.25) is 5.56 Å². The summed E-state index contributed by atoms with van der Waals surface area (Å²) in [6.07, 6.45) is -5.25. The van der Waals surface area contributed by atoms with Crippen LogP contribution < -0.4 is 10.5 Å². The van der Waals surface area contributed by atoms with Gasteiger partial charge < -0.3 is 15.0 Å². The summed E-state index contributed by atoms with van der Waals surface area (Å²) in [7, 11) is 0. The van der Waals surface area contributed by atoms with E-state index in [1.54, 1.807) is 19.9 Å². The number of rotatable bonds is 4. The van der Waals surface area contributed by atoms with Gasteiger partial charge in [-0.3, -0.25) is 4.79 Å². The highest BCUT2D eigenvalue weighted by Crippen LogP contribution is 2.35. The van der Waals surface area contributed by atoms with Crippen LogP contribution in [0.3, 0.4) is 0 Å². The maximum atomic E-state index is 13.2. The Morgan fingerprint density at radius 1 is 1.26 bits per heavy atom. The van der Waals surface area contributed by atoms with Gasteiger partial charge in [0.15, 0.2) is 0 Å². The molecule has 2 N–H and O–H groups in total. The number of hydrogen-bond donors (Lipinski definition) is 2. The van der Waals surface area contributed by atoms with E-state index < -0.39 is 23.4 Å². The lowest BCUT2D eigenvalue weighted by molar-refractivity contribution is -0.136. The molecular formula is C16H19F3N2O2. The Bertz CT molecular complexity index is 753. The van der Waals surface area contributed by atoms with E-state index in [2.05, 4.69) is 4.98 Å². The van der Waals surface area contributed by atoms with Crippen LogP contribution in [-0.4, -0.2) is 28.8 Å². The average Bonchev–Trinajstić information content (AvgIpc) is 2.46. The van der Waals surface area contributed by atoms with E-state index in [0.717, 1.165) is 0 Å². The van der Waals surface area contributed by atoms with Crippen LogP contribution in [0.5, 0.6) is 0 Å². The Balaban J connectivity index is 2.66. The first kappa shape index (κ1) is 17.3. The highest BCUT2D eigenvalue weighted by Gasteiger charge is 2.33. The van der Waals surface area contributed by atoms with E-state index in [1.807, 2.05) is 11.8 Å². The van der Waals surface area contributed by atoms with Crippen LogP contribution in [0.25, 0.3) is 10.9 Å². The van der Waals surface area contributed by atoms with Crippen molar-refractivity contribution in [3.63, 3.8) is 0 Å². The van der Waals surface area contributed by atoms with Crippen molar-refractivity contribution in [3.05, 3.63) is 40.2 Å². The second kappa shape index (κ2) is 6.23. The molecule has 0 aliphatic rings. The van der Waals surface area contributed by atoms with E-state index in [9.17, 15) is 23.1 Å². The van der Waals surface area contributed by atoms with Crippen molar-refractivity contribution >= 4 is 16.6 Å². The zero-order valence-electron chi connectivity index (χ0n) is 13.1. The van der Waals surface area contributed by atoms with Gasteiger partial charge in [-0.05, 0) is 39.0 Å². The third kappa shape index (κ3) is 3.50. The minimum absolute atomic E-state index is 0.0640.